The molecule has 1 unspecified atom stereocenters. The van der Waals surface area contributed by atoms with Crippen molar-refractivity contribution in [1.82, 2.24) is 10.2 Å². The number of carbonyl (C=O) groups is 1. The number of carboxylic acids is 1. The zero-order chi connectivity index (χ0) is 11.7. The Labute approximate surface area is 90.7 Å². The minimum atomic E-state index is -2.69. The van der Waals surface area contributed by atoms with E-state index in [0.29, 0.717) is 6.42 Å². The minimum Gasteiger partial charge on any atom is -0.481 e. The molecule has 0 saturated heterocycles. The fraction of sp³-hybridized carbons (Fsp3) is 0.600. The molecule has 88 valence electrons. The van der Waals surface area contributed by atoms with Gasteiger partial charge in [-0.1, -0.05) is 0 Å². The van der Waals surface area contributed by atoms with Crippen molar-refractivity contribution in [2.45, 2.75) is 38.0 Å². The van der Waals surface area contributed by atoms with Gasteiger partial charge in [0.25, 0.3) is 0 Å². The van der Waals surface area contributed by atoms with Gasteiger partial charge in [0.1, 0.15) is 0 Å². The van der Waals surface area contributed by atoms with Crippen LogP contribution in [0.25, 0.3) is 0 Å². The molecular formula is C10H12F2N2O2. The van der Waals surface area contributed by atoms with Crippen LogP contribution in [0.3, 0.4) is 0 Å². The number of hydrogen-bond acceptors (Lipinski definition) is 2. The van der Waals surface area contributed by atoms with E-state index in [-0.39, 0.29) is 5.69 Å². The van der Waals surface area contributed by atoms with Gasteiger partial charge in [-0.3, -0.25) is 9.89 Å². The Balaban J connectivity index is 2.28. The zero-order valence-electron chi connectivity index (χ0n) is 8.54. The Hall–Kier alpha value is -1.46. The van der Waals surface area contributed by atoms with Crippen molar-refractivity contribution in [3.05, 3.63) is 17.0 Å². The zero-order valence-corrected chi connectivity index (χ0v) is 8.54. The molecule has 1 aliphatic carbocycles. The molecule has 0 fully saturated rings. The number of aliphatic carboxylic acids is 1. The fourth-order valence-electron chi connectivity index (χ4n) is 2.14. The lowest BCUT2D eigenvalue weighted by Crippen LogP contribution is -2.16. The monoisotopic (exact) mass is 230 g/mol. The van der Waals surface area contributed by atoms with Crippen molar-refractivity contribution in [3.8, 4) is 0 Å². The number of nitrogens with one attached hydrogen (secondary N) is 1. The third kappa shape index (κ3) is 1.91. The van der Waals surface area contributed by atoms with Crippen LogP contribution in [-0.4, -0.2) is 27.7 Å². The highest BCUT2D eigenvalue weighted by Crippen LogP contribution is 2.33. The third-order valence-electron chi connectivity index (χ3n) is 2.89. The van der Waals surface area contributed by atoms with Gasteiger partial charge in [0, 0.05) is 5.69 Å². The van der Waals surface area contributed by atoms with Crippen molar-refractivity contribution in [3.63, 3.8) is 0 Å². The molecule has 1 atom stereocenters. The van der Waals surface area contributed by atoms with Gasteiger partial charge in [0.2, 0.25) is 6.43 Å². The molecule has 0 radical (unpaired) electrons. The SMILES string of the molecule is O=C(O)CC(c1n[nH]c2c1CCC2)C(F)F. The van der Waals surface area contributed by atoms with Crippen LogP contribution in [0.2, 0.25) is 0 Å². The maximum Gasteiger partial charge on any atom is 0.304 e. The second-order valence-electron chi connectivity index (χ2n) is 3.96. The lowest BCUT2D eigenvalue weighted by atomic mass is 9.98. The molecule has 1 aromatic heterocycles. The van der Waals surface area contributed by atoms with Crippen molar-refractivity contribution in [1.29, 1.82) is 0 Å². The number of H-pyrrole nitrogens is 1. The summed E-state index contributed by atoms with van der Waals surface area (Å²) >= 11 is 0. The molecule has 0 saturated carbocycles. The van der Waals surface area contributed by atoms with Crippen LogP contribution < -0.4 is 0 Å². The predicted octanol–water partition coefficient (Wildman–Crippen LogP) is 1.72. The van der Waals surface area contributed by atoms with Gasteiger partial charge in [0.15, 0.2) is 0 Å². The number of aromatic nitrogens is 2. The Kier molecular flexibility index (Phi) is 2.89. The van der Waals surface area contributed by atoms with Crippen LogP contribution in [0.5, 0.6) is 0 Å². The van der Waals surface area contributed by atoms with Gasteiger partial charge in [-0.25, -0.2) is 8.78 Å². The van der Waals surface area contributed by atoms with E-state index >= 15 is 0 Å². The summed E-state index contributed by atoms with van der Waals surface area (Å²) in [5.74, 6) is -2.52. The van der Waals surface area contributed by atoms with Gasteiger partial charge in [-0.2, -0.15) is 5.10 Å². The molecule has 0 bridgehead atoms. The molecule has 1 heterocycles. The van der Waals surface area contributed by atoms with E-state index in [4.69, 9.17) is 5.11 Å². The Morgan fingerprint density at radius 1 is 1.50 bits per heavy atom. The first-order valence-corrected chi connectivity index (χ1v) is 5.15. The van der Waals surface area contributed by atoms with Crippen molar-refractivity contribution in [2.24, 2.45) is 0 Å². The van der Waals surface area contributed by atoms with E-state index < -0.39 is 24.7 Å². The van der Waals surface area contributed by atoms with Gasteiger partial charge >= 0.3 is 5.97 Å². The van der Waals surface area contributed by atoms with Crippen LogP contribution in [0, 0.1) is 0 Å². The average Bonchev–Trinajstić information content (AvgIpc) is 2.74. The van der Waals surface area contributed by atoms with Gasteiger partial charge in [-0.05, 0) is 24.8 Å². The Bertz CT molecular complexity index is 404. The largest absolute Gasteiger partial charge is 0.481 e. The Morgan fingerprint density at radius 3 is 2.88 bits per heavy atom. The summed E-state index contributed by atoms with van der Waals surface area (Å²) in [7, 11) is 0. The first kappa shape index (κ1) is 11.0. The van der Waals surface area contributed by atoms with E-state index in [9.17, 15) is 13.6 Å². The quantitative estimate of drug-likeness (QED) is 0.827. The first-order chi connectivity index (χ1) is 7.59. The van der Waals surface area contributed by atoms with Gasteiger partial charge < -0.3 is 5.11 Å². The predicted molar refractivity (Wildman–Crippen MR) is 51.6 cm³/mol. The lowest BCUT2D eigenvalue weighted by Gasteiger charge is -2.12. The van der Waals surface area contributed by atoms with Crippen LogP contribution in [0.15, 0.2) is 0 Å². The standard InChI is InChI=1S/C10H12F2N2O2/c11-10(12)6(4-8(15)16)9-5-2-1-3-7(5)13-14-9/h6,10H,1-4H2,(H,13,14)(H,15,16). The maximum absolute atomic E-state index is 12.8. The number of aromatic amines is 1. The third-order valence-corrected chi connectivity index (χ3v) is 2.89. The first-order valence-electron chi connectivity index (χ1n) is 5.15. The topological polar surface area (TPSA) is 66.0 Å². The number of fused-ring (bicyclic) bond motifs is 1. The summed E-state index contributed by atoms with van der Waals surface area (Å²) in [4.78, 5) is 10.5. The maximum atomic E-state index is 12.8. The number of rotatable bonds is 4. The van der Waals surface area contributed by atoms with E-state index in [1.165, 1.54) is 0 Å². The molecule has 0 aromatic carbocycles. The summed E-state index contributed by atoms with van der Waals surface area (Å²) in [6.07, 6.45) is -0.826. The van der Waals surface area contributed by atoms with Gasteiger partial charge in [-0.15, -0.1) is 0 Å². The summed E-state index contributed by atoms with van der Waals surface area (Å²) in [6, 6.07) is 0. The van der Waals surface area contributed by atoms with Crippen molar-refractivity contribution >= 4 is 5.97 Å². The second kappa shape index (κ2) is 4.19. The molecule has 4 nitrogen and oxygen atoms in total. The van der Waals surface area contributed by atoms with Crippen LogP contribution in [0.1, 0.15) is 35.7 Å². The molecule has 2 N–H and O–H groups in total. The number of alkyl halides is 2. The highest BCUT2D eigenvalue weighted by Gasteiger charge is 2.32. The molecule has 0 amide bonds. The number of hydrogen-bond donors (Lipinski definition) is 2. The smallest absolute Gasteiger partial charge is 0.304 e. The van der Waals surface area contributed by atoms with Gasteiger partial charge in [0.05, 0.1) is 18.0 Å². The Morgan fingerprint density at radius 2 is 2.25 bits per heavy atom. The number of carboxylic acid groups (broad SMARTS) is 1. The van der Waals surface area contributed by atoms with E-state index in [1.54, 1.807) is 0 Å². The number of nitrogens with zero attached hydrogens (tertiary/aromatic N) is 1. The average molecular weight is 230 g/mol. The molecular weight excluding hydrogens is 218 g/mol. The van der Waals surface area contributed by atoms with E-state index in [2.05, 4.69) is 10.2 Å². The molecule has 2 rings (SSSR count). The summed E-state index contributed by atoms with van der Waals surface area (Å²) in [5.41, 5.74) is 1.92. The van der Waals surface area contributed by atoms with E-state index in [1.807, 2.05) is 0 Å². The lowest BCUT2D eigenvalue weighted by molar-refractivity contribution is -0.138. The fourth-order valence-corrected chi connectivity index (χ4v) is 2.14. The summed E-state index contributed by atoms with van der Waals surface area (Å²) in [5, 5.41) is 15.2. The van der Waals surface area contributed by atoms with Crippen LogP contribution in [0.4, 0.5) is 8.78 Å². The highest BCUT2D eigenvalue weighted by molar-refractivity contribution is 5.68. The second-order valence-corrected chi connectivity index (χ2v) is 3.96. The number of aryl methyl sites for hydroxylation is 1. The molecule has 1 aromatic rings. The summed E-state index contributed by atoms with van der Waals surface area (Å²) < 4.78 is 25.5. The van der Waals surface area contributed by atoms with Crippen LogP contribution >= 0.6 is 0 Å². The number of halogens is 2. The molecule has 0 aliphatic heterocycles. The molecule has 1 aliphatic rings. The van der Waals surface area contributed by atoms with E-state index in [0.717, 1.165) is 24.1 Å². The molecule has 0 spiro atoms. The van der Waals surface area contributed by atoms with Crippen molar-refractivity contribution in [2.75, 3.05) is 0 Å². The minimum absolute atomic E-state index is 0.241. The molecule has 16 heavy (non-hydrogen) atoms. The molecule has 6 heteroatoms. The normalized spacial score (nSPS) is 16.4. The van der Waals surface area contributed by atoms with Crippen LogP contribution in [-0.2, 0) is 17.6 Å². The highest BCUT2D eigenvalue weighted by atomic mass is 19.3. The van der Waals surface area contributed by atoms with Crippen molar-refractivity contribution < 1.29 is 18.7 Å². The summed E-state index contributed by atoms with van der Waals surface area (Å²) in [6.45, 7) is 0.